The first-order valence-electron chi connectivity index (χ1n) is 12.0. The highest BCUT2D eigenvalue weighted by molar-refractivity contribution is 6.30. The number of imide groups is 1. The highest BCUT2D eigenvalue weighted by Gasteiger charge is 2.63. The number of alkyl halides is 1. The van der Waals surface area contributed by atoms with Gasteiger partial charge in [-0.1, -0.05) is 11.6 Å². The van der Waals surface area contributed by atoms with E-state index < -0.39 is 46.3 Å². The average molecular weight is 544 g/mol. The van der Waals surface area contributed by atoms with Crippen molar-refractivity contribution in [2.24, 2.45) is 23.7 Å². The summed E-state index contributed by atoms with van der Waals surface area (Å²) in [7, 11) is 0. The van der Waals surface area contributed by atoms with Gasteiger partial charge in [-0.05, 0) is 73.9 Å². The Hall–Kier alpha value is -3.30. The van der Waals surface area contributed by atoms with E-state index >= 15 is 0 Å². The van der Waals surface area contributed by atoms with E-state index in [9.17, 15) is 29.3 Å². The number of amides is 3. The number of fused-ring (bicyclic) bond motifs is 5. The first-order valence-corrected chi connectivity index (χ1v) is 13.0. The van der Waals surface area contributed by atoms with Crippen LogP contribution in [0.5, 0.6) is 0 Å². The number of hydrogen-bond acceptors (Lipinski definition) is 6. The number of nitro benzene ring substituents is 1. The molecule has 9 nitrogen and oxygen atoms in total. The molecular weight excluding hydrogens is 521 g/mol. The molecule has 192 valence electrons. The SMILES string of the molecule is O=C(c1ccc(Cl)cc1)[C@H](CCCl)N(C(=O)c1ccc([N+](=O)[O-])cc1)N1C(=O)[C@H]2[C@H]3CC[C@@H](C3)[C@@H]2C1=O. The largest absolute Gasteiger partial charge is 0.292 e. The molecule has 2 aliphatic carbocycles. The van der Waals surface area contributed by atoms with Crippen LogP contribution in [0.2, 0.25) is 5.02 Å². The number of non-ortho nitro benzene ring substituents is 1. The van der Waals surface area contributed by atoms with Crippen LogP contribution in [0.25, 0.3) is 0 Å². The zero-order valence-electron chi connectivity index (χ0n) is 19.6. The van der Waals surface area contributed by atoms with Crippen molar-refractivity contribution in [3.05, 3.63) is 74.8 Å². The van der Waals surface area contributed by atoms with E-state index in [4.69, 9.17) is 23.2 Å². The van der Waals surface area contributed by atoms with Gasteiger partial charge >= 0.3 is 0 Å². The van der Waals surface area contributed by atoms with Crippen LogP contribution in [0, 0.1) is 33.8 Å². The van der Waals surface area contributed by atoms with Crippen molar-refractivity contribution < 1.29 is 24.1 Å². The van der Waals surface area contributed by atoms with Gasteiger partial charge in [-0.15, -0.1) is 11.6 Å². The number of nitrogens with zero attached hydrogens (tertiary/aromatic N) is 3. The van der Waals surface area contributed by atoms with Crippen molar-refractivity contribution in [2.75, 3.05) is 5.88 Å². The maximum atomic E-state index is 13.9. The molecule has 2 bridgehead atoms. The summed E-state index contributed by atoms with van der Waals surface area (Å²) in [4.78, 5) is 65.5. The molecular formula is C26H23Cl2N3O6. The average Bonchev–Trinajstić information content (AvgIpc) is 3.58. The lowest BCUT2D eigenvalue weighted by molar-refractivity contribution is -0.384. The van der Waals surface area contributed by atoms with E-state index in [0.29, 0.717) is 5.02 Å². The van der Waals surface area contributed by atoms with Gasteiger partial charge < -0.3 is 0 Å². The molecule has 37 heavy (non-hydrogen) atoms. The van der Waals surface area contributed by atoms with Crippen molar-refractivity contribution in [3.8, 4) is 0 Å². The maximum Gasteiger partial charge on any atom is 0.273 e. The van der Waals surface area contributed by atoms with Crippen molar-refractivity contribution in [1.29, 1.82) is 0 Å². The Morgan fingerprint density at radius 2 is 1.51 bits per heavy atom. The van der Waals surface area contributed by atoms with Gasteiger partial charge in [-0.25, -0.2) is 5.01 Å². The minimum absolute atomic E-state index is 0.00490. The summed E-state index contributed by atoms with van der Waals surface area (Å²) in [6, 6.07) is 9.61. The molecule has 2 aromatic carbocycles. The predicted octanol–water partition coefficient (Wildman–Crippen LogP) is 4.52. The molecule has 1 heterocycles. The van der Waals surface area contributed by atoms with Gasteiger partial charge in [-0.2, -0.15) is 5.01 Å². The lowest BCUT2D eigenvalue weighted by Gasteiger charge is -2.36. The first kappa shape index (κ1) is 25.4. The Morgan fingerprint density at radius 1 is 0.973 bits per heavy atom. The van der Waals surface area contributed by atoms with Crippen LogP contribution in [0.15, 0.2) is 48.5 Å². The Balaban J connectivity index is 1.58. The molecule has 3 fully saturated rings. The number of hydrazine groups is 1. The second-order valence-electron chi connectivity index (χ2n) is 9.69. The lowest BCUT2D eigenvalue weighted by Crippen LogP contribution is -2.58. The summed E-state index contributed by atoms with van der Waals surface area (Å²) in [5.74, 6) is -3.17. The van der Waals surface area contributed by atoms with E-state index in [0.717, 1.165) is 41.4 Å². The molecule has 5 atom stereocenters. The number of Topliss-reactive ketones (excluding diaryl/α,β-unsaturated/α-hetero) is 1. The highest BCUT2D eigenvalue weighted by Crippen LogP contribution is 2.56. The zero-order valence-corrected chi connectivity index (χ0v) is 21.1. The normalized spacial score (nSPS) is 24.8. The van der Waals surface area contributed by atoms with E-state index in [2.05, 4.69) is 0 Å². The number of carbonyl (C=O) groups excluding carboxylic acids is 4. The number of rotatable bonds is 8. The van der Waals surface area contributed by atoms with Gasteiger partial charge in [0, 0.05) is 34.2 Å². The van der Waals surface area contributed by atoms with Crippen LogP contribution in [0.4, 0.5) is 5.69 Å². The molecule has 3 amide bonds. The fourth-order valence-electron chi connectivity index (χ4n) is 6.11. The molecule has 0 unspecified atom stereocenters. The number of nitro groups is 1. The van der Waals surface area contributed by atoms with Crippen molar-refractivity contribution in [2.45, 2.75) is 31.7 Å². The molecule has 1 saturated heterocycles. The van der Waals surface area contributed by atoms with Crippen molar-refractivity contribution in [1.82, 2.24) is 10.0 Å². The Morgan fingerprint density at radius 3 is 2.03 bits per heavy atom. The topological polar surface area (TPSA) is 118 Å². The smallest absolute Gasteiger partial charge is 0.273 e. The molecule has 0 spiro atoms. The third-order valence-electron chi connectivity index (χ3n) is 7.76. The standard InChI is InChI=1S/C26H23Cl2N3O6/c27-12-11-20(23(32)14-3-7-18(28)8-4-14)29(24(33)15-5-9-19(10-6-15)31(36)37)30-25(34)21-16-1-2-17(13-16)22(21)26(30)35/h3-10,16-17,20-22H,1-2,11-13H2/t16-,17-,20-,21-,22-/m0/s1. The van der Waals surface area contributed by atoms with Crippen LogP contribution in [0.1, 0.15) is 46.4 Å². The molecule has 5 rings (SSSR count). The van der Waals surface area contributed by atoms with Crippen molar-refractivity contribution >= 4 is 52.4 Å². The van der Waals surface area contributed by atoms with Crippen LogP contribution < -0.4 is 0 Å². The van der Waals surface area contributed by atoms with Crippen molar-refractivity contribution in [3.63, 3.8) is 0 Å². The number of ketones is 1. The summed E-state index contributed by atoms with van der Waals surface area (Å²) in [5, 5.41) is 13.3. The summed E-state index contributed by atoms with van der Waals surface area (Å²) >= 11 is 12.0. The first-order chi connectivity index (χ1) is 17.7. The van der Waals surface area contributed by atoms with Gasteiger partial charge in [0.2, 0.25) is 0 Å². The van der Waals surface area contributed by atoms with Crippen LogP contribution in [0.3, 0.4) is 0 Å². The van der Waals surface area contributed by atoms with Crippen LogP contribution in [-0.4, -0.2) is 50.4 Å². The molecule has 0 aromatic heterocycles. The third-order valence-corrected chi connectivity index (χ3v) is 8.23. The van der Waals surface area contributed by atoms with Gasteiger partial charge in [0.1, 0.15) is 6.04 Å². The predicted molar refractivity (Wildman–Crippen MR) is 134 cm³/mol. The number of hydrogen-bond donors (Lipinski definition) is 0. The Labute approximate surface area is 222 Å². The quantitative estimate of drug-likeness (QED) is 0.159. The molecule has 2 aromatic rings. The van der Waals surface area contributed by atoms with E-state index in [1.807, 2.05) is 0 Å². The van der Waals surface area contributed by atoms with Crippen LogP contribution >= 0.6 is 23.2 Å². The monoisotopic (exact) mass is 543 g/mol. The number of carbonyl (C=O) groups is 4. The molecule has 3 aliphatic rings. The lowest BCUT2D eigenvalue weighted by atomic mass is 9.81. The number of benzene rings is 2. The Bertz CT molecular complexity index is 1250. The summed E-state index contributed by atoms with van der Waals surface area (Å²) < 4.78 is 0. The van der Waals surface area contributed by atoms with Gasteiger partial charge in [-0.3, -0.25) is 29.3 Å². The summed E-state index contributed by atoms with van der Waals surface area (Å²) in [6.07, 6.45) is 2.49. The zero-order chi connectivity index (χ0) is 26.4. The molecule has 11 heteroatoms. The van der Waals surface area contributed by atoms with E-state index in [1.54, 1.807) is 0 Å². The van der Waals surface area contributed by atoms with Gasteiger partial charge in [0.15, 0.2) is 5.78 Å². The van der Waals surface area contributed by atoms with E-state index in [1.165, 1.54) is 36.4 Å². The maximum absolute atomic E-state index is 13.9. The molecule has 2 saturated carbocycles. The second-order valence-corrected chi connectivity index (χ2v) is 10.5. The van der Waals surface area contributed by atoms with Crippen LogP contribution in [-0.2, 0) is 9.59 Å². The van der Waals surface area contributed by atoms with Gasteiger partial charge in [0.25, 0.3) is 23.4 Å². The summed E-state index contributed by atoms with van der Waals surface area (Å²) in [5.41, 5.74) is 0.00664. The van der Waals surface area contributed by atoms with Gasteiger partial charge in [0.05, 0.1) is 16.8 Å². The minimum atomic E-state index is -1.26. The third kappa shape index (κ3) is 4.30. The summed E-state index contributed by atoms with van der Waals surface area (Å²) in [6.45, 7) is 0. The minimum Gasteiger partial charge on any atom is -0.292 e. The molecule has 1 aliphatic heterocycles. The number of halogens is 2. The fourth-order valence-corrected chi connectivity index (χ4v) is 6.44. The molecule has 0 radical (unpaired) electrons. The van der Waals surface area contributed by atoms with E-state index in [-0.39, 0.29) is 41.0 Å². The second kappa shape index (κ2) is 9.87. The Kier molecular flexibility index (Phi) is 6.76. The molecule has 0 N–H and O–H groups in total. The fraction of sp³-hybridized carbons (Fsp3) is 0.385. The highest BCUT2D eigenvalue weighted by atomic mass is 35.5.